The van der Waals surface area contributed by atoms with Gasteiger partial charge in [-0.1, -0.05) is 12.1 Å². The molecule has 12 nitrogen and oxygen atoms in total. The standard InChI is InChI=1S/C30H32N4O8/c31-29(40)30-24(37)16-42-25(30)7-11-34(30)28(39)21(14-18-2-1-3-19(35)12-18)20(13-17-4-8-32-9-5-17)27(38)33-10-6-23-26(33)22(36)15-41-23/h1-5,8-9,12,20-21,23,25-26,35H,6-7,10-11,13-16H2,(H2,31,40). The lowest BCUT2D eigenvalue weighted by Crippen LogP contribution is -2.65. The summed E-state index contributed by atoms with van der Waals surface area (Å²) < 4.78 is 11.2. The predicted octanol–water partition coefficient (Wildman–Crippen LogP) is -0.202. The summed E-state index contributed by atoms with van der Waals surface area (Å²) in [4.78, 5) is 74.6. The van der Waals surface area contributed by atoms with Crippen molar-refractivity contribution in [1.82, 2.24) is 14.8 Å². The van der Waals surface area contributed by atoms with Gasteiger partial charge in [-0.3, -0.25) is 29.0 Å². The molecule has 3 amide bonds. The van der Waals surface area contributed by atoms with E-state index < -0.39 is 59.1 Å². The van der Waals surface area contributed by atoms with E-state index in [0.717, 1.165) is 5.56 Å². The average Bonchev–Trinajstić information content (AvgIpc) is 3.74. The van der Waals surface area contributed by atoms with E-state index in [-0.39, 0.29) is 50.6 Å². The zero-order valence-electron chi connectivity index (χ0n) is 22.9. The Labute approximate surface area is 241 Å². The Morgan fingerprint density at radius 1 is 0.976 bits per heavy atom. The first-order valence-corrected chi connectivity index (χ1v) is 14.1. The zero-order valence-corrected chi connectivity index (χ0v) is 22.9. The number of hydrogen-bond donors (Lipinski definition) is 2. The van der Waals surface area contributed by atoms with Crippen LogP contribution >= 0.6 is 0 Å². The van der Waals surface area contributed by atoms with Gasteiger partial charge in [0.05, 0.1) is 24.0 Å². The second-order valence-corrected chi connectivity index (χ2v) is 11.4. The minimum atomic E-state index is -1.95. The lowest BCUT2D eigenvalue weighted by molar-refractivity contribution is -0.156. The topological polar surface area (TPSA) is 169 Å². The Bertz CT molecular complexity index is 1430. The van der Waals surface area contributed by atoms with Gasteiger partial charge in [0.1, 0.15) is 25.0 Å². The number of Topliss-reactive ketones (excluding diaryl/α,β-unsaturated/α-hetero) is 2. The highest BCUT2D eigenvalue weighted by Crippen LogP contribution is 2.41. The van der Waals surface area contributed by atoms with Crippen LogP contribution in [0.15, 0.2) is 48.8 Å². The maximum atomic E-state index is 14.6. The highest BCUT2D eigenvalue weighted by Gasteiger charge is 2.65. The number of hydrogen-bond acceptors (Lipinski definition) is 9. The van der Waals surface area contributed by atoms with E-state index in [1.807, 2.05) is 0 Å². The van der Waals surface area contributed by atoms with Crippen LogP contribution in [-0.2, 0) is 46.3 Å². The van der Waals surface area contributed by atoms with E-state index in [1.54, 1.807) is 36.7 Å². The van der Waals surface area contributed by atoms with Crippen LogP contribution in [0.5, 0.6) is 5.75 Å². The fourth-order valence-corrected chi connectivity index (χ4v) is 7.11. The van der Waals surface area contributed by atoms with Crippen LogP contribution in [0.1, 0.15) is 24.0 Å². The number of amides is 3. The van der Waals surface area contributed by atoms with E-state index >= 15 is 0 Å². The molecule has 0 saturated carbocycles. The molecule has 42 heavy (non-hydrogen) atoms. The lowest BCUT2D eigenvalue weighted by atomic mass is 9.79. The first-order chi connectivity index (χ1) is 20.2. The minimum Gasteiger partial charge on any atom is -0.508 e. The molecule has 220 valence electrons. The molecule has 4 fully saturated rings. The Kier molecular flexibility index (Phi) is 7.27. The van der Waals surface area contributed by atoms with E-state index in [2.05, 4.69) is 4.98 Å². The Morgan fingerprint density at radius 3 is 2.45 bits per heavy atom. The smallest absolute Gasteiger partial charge is 0.254 e. The predicted molar refractivity (Wildman–Crippen MR) is 145 cm³/mol. The fraction of sp³-hybridized carbons (Fsp3) is 0.467. The zero-order chi connectivity index (χ0) is 29.6. The van der Waals surface area contributed by atoms with Crippen LogP contribution in [0.3, 0.4) is 0 Å². The van der Waals surface area contributed by atoms with E-state index in [0.29, 0.717) is 18.5 Å². The number of carbonyl (C=O) groups excluding carboxylic acids is 5. The third kappa shape index (κ3) is 4.54. The second kappa shape index (κ2) is 10.9. The van der Waals surface area contributed by atoms with Gasteiger partial charge in [0.2, 0.25) is 17.4 Å². The Balaban J connectivity index is 1.43. The summed E-state index contributed by atoms with van der Waals surface area (Å²) in [5.74, 6) is -4.80. The molecule has 5 heterocycles. The molecule has 12 heteroatoms. The van der Waals surface area contributed by atoms with Crippen molar-refractivity contribution < 1.29 is 38.6 Å². The number of rotatable bonds is 8. The van der Waals surface area contributed by atoms with Gasteiger partial charge >= 0.3 is 0 Å². The van der Waals surface area contributed by atoms with Crippen molar-refractivity contribution in [3.05, 3.63) is 59.9 Å². The van der Waals surface area contributed by atoms with Crippen molar-refractivity contribution in [3.8, 4) is 5.75 Å². The Morgan fingerprint density at radius 2 is 1.71 bits per heavy atom. The number of aromatic hydroxyl groups is 1. The molecule has 1 aromatic carbocycles. The molecule has 6 atom stereocenters. The van der Waals surface area contributed by atoms with Gasteiger partial charge in [0.25, 0.3) is 5.91 Å². The van der Waals surface area contributed by atoms with Crippen LogP contribution in [0.4, 0.5) is 0 Å². The lowest BCUT2D eigenvalue weighted by Gasteiger charge is -2.38. The summed E-state index contributed by atoms with van der Waals surface area (Å²) in [5, 5.41) is 10.2. The van der Waals surface area contributed by atoms with Crippen LogP contribution in [0, 0.1) is 11.8 Å². The van der Waals surface area contributed by atoms with Gasteiger partial charge in [-0.05, 0) is 61.1 Å². The van der Waals surface area contributed by atoms with Gasteiger partial charge in [-0.25, -0.2) is 0 Å². The van der Waals surface area contributed by atoms with Crippen molar-refractivity contribution >= 4 is 29.3 Å². The van der Waals surface area contributed by atoms with Gasteiger partial charge in [-0.2, -0.15) is 0 Å². The van der Waals surface area contributed by atoms with Gasteiger partial charge in [0, 0.05) is 25.5 Å². The monoisotopic (exact) mass is 576 g/mol. The number of pyridine rings is 1. The molecule has 3 N–H and O–H groups in total. The van der Waals surface area contributed by atoms with Crippen LogP contribution in [0.2, 0.25) is 0 Å². The second-order valence-electron chi connectivity index (χ2n) is 11.4. The average molecular weight is 577 g/mol. The molecule has 4 aliphatic rings. The first-order valence-electron chi connectivity index (χ1n) is 14.1. The molecule has 1 aromatic heterocycles. The number of likely N-dealkylation sites (tertiary alicyclic amines) is 2. The molecule has 0 aliphatic carbocycles. The maximum absolute atomic E-state index is 14.6. The quantitative estimate of drug-likeness (QED) is 0.404. The van der Waals surface area contributed by atoms with Gasteiger partial charge in [-0.15, -0.1) is 0 Å². The minimum absolute atomic E-state index is 0.0130. The van der Waals surface area contributed by atoms with Crippen molar-refractivity contribution in [3.63, 3.8) is 0 Å². The summed E-state index contributed by atoms with van der Waals surface area (Å²) in [6.07, 6.45) is 2.81. The summed E-state index contributed by atoms with van der Waals surface area (Å²) >= 11 is 0. The van der Waals surface area contributed by atoms with Crippen molar-refractivity contribution in [2.24, 2.45) is 17.6 Å². The molecule has 0 spiro atoms. The molecule has 2 aromatic rings. The number of phenols is 1. The summed E-state index contributed by atoms with van der Waals surface area (Å²) in [6.45, 7) is -0.0696. The number of ketones is 2. The number of nitrogens with two attached hydrogens (primary N) is 1. The maximum Gasteiger partial charge on any atom is 0.254 e. The largest absolute Gasteiger partial charge is 0.508 e. The molecular weight excluding hydrogens is 544 g/mol. The molecule has 0 radical (unpaired) electrons. The number of aromatic nitrogens is 1. The number of fused-ring (bicyclic) bond motifs is 2. The number of carbonyl (C=O) groups is 5. The highest BCUT2D eigenvalue weighted by atomic mass is 16.5. The van der Waals surface area contributed by atoms with Crippen LogP contribution in [0.25, 0.3) is 0 Å². The summed E-state index contributed by atoms with van der Waals surface area (Å²) in [7, 11) is 0. The highest BCUT2D eigenvalue weighted by molar-refractivity contribution is 6.15. The first kappa shape index (κ1) is 28.0. The third-order valence-corrected chi connectivity index (χ3v) is 9.08. The third-order valence-electron chi connectivity index (χ3n) is 9.08. The van der Waals surface area contributed by atoms with Gasteiger partial charge < -0.3 is 30.1 Å². The van der Waals surface area contributed by atoms with E-state index in [4.69, 9.17) is 15.2 Å². The SMILES string of the molecule is NC(=O)C12C(=O)COC1CCN2C(=O)C(Cc1cccc(O)c1)C(Cc1ccncc1)C(=O)N1CCC2OCC(=O)C21. The number of nitrogens with zero attached hydrogens (tertiary/aromatic N) is 3. The van der Waals surface area contributed by atoms with Crippen molar-refractivity contribution in [2.75, 3.05) is 26.3 Å². The number of ether oxygens (including phenoxy) is 2. The number of phenolic OH excluding ortho intramolecular Hbond substituents is 1. The van der Waals surface area contributed by atoms with E-state index in [1.165, 1.54) is 21.9 Å². The van der Waals surface area contributed by atoms with Gasteiger partial charge in [0.15, 0.2) is 11.6 Å². The molecule has 0 bridgehead atoms. The Hall–Kier alpha value is -4.16. The van der Waals surface area contributed by atoms with Crippen molar-refractivity contribution in [1.29, 1.82) is 0 Å². The summed E-state index contributed by atoms with van der Waals surface area (Å²) in [6, 6.07) is 9.14. The summed E-state index contributed by atoms with van der Waals surface area (Å²) in [5.41, 5.74) is 5.17. The molecule has 4 aliphatic heterocycles. The molecule has 6 rings (SSSR count). The fourth-order valence-electron chi connectivity index (χ4n) is 7.11. The van der Waals surface area contributed by atoms with Crippen LogP contribution < -0.4 is 5.73 Å². The van der Waals surface area contributed by atoms with Crippen molar-refractivity contribution in [2.45, 2.75) is 49.5 Å². The molecule has 4 saturated heterocycles. The number of primary amides is 1. The molecular formula is C30H32N4O8. The normalized spacial score (nSPS) is 28.0. The molecule has 6 unspecified atom stereocenters. The van der Waals surface area contributed by atoms with Crippen LogP contribution in [-0.4, -0.2) is 99.3 Å². The van der Waals surface area contributed by atoms with E-state index in [9.17, 15) is 29.1 Å². The number of benzene rings is 1.